The van der Waals surface area contributed by atoms with Gasteiger partial charge in [0.25, 0.3) is 5.91 Å². The third kappa shape index (κ3) is 2.93. The van der Waals surface area contributed by atoms with Gasteiger partial charge in [0, 0.05) is 17.9 Å². The maximum atomic E-state index is 12.0. The molecule has 2 rings (SSSR count). The van der Waals surface area contributed by atoms with Gasteiger partial charge in [-0.15, -0.1) is 0 Å². The second-order valence-corrected chi connectivity index (χ2v) is 4.02. The zero-order chi connectivity index (χ0) is 13.0. The summed E-state index contributed by atoms with van der Waals surface area (Å²) in [5.41, 5.74) is 8.49. The predicted octanol–water partition coefficient (Wildman–Crippen LogP) is 2.10. The number of benzene rings is 1. The van der Waals surface area contributed by atoms with Crippen molar-refractivity contribution in [3.05, 3.63) is 59.4 Å². The van der Waals surface area contributed by atoms with Gasteiger partial charge in [-0.2, -0.15) is 0 Å². The number of aryl methyl sites for hydroxylation is 1. The molecule has 0 fully saturated rings. The largest absolute Gasteiger partial charge is 0.326 e. The third-order valence-corrected chi connectivity index (χ3v) is 2.54. The van der Waals surface area contributed by atoms with E-state index >= 15 is 0 Å². The molecule has 0 unspecified atom stereocenters. The van der Waals surface area contributed by atoms with Crippen LogP contribution in [-0.4, -0.2) is 10.9 Å². The lowest BCUT2D eigenvalue weighted by Gasteiger charge is -2.06. The van der Waals surface area contributed by atoms with Crippen LogP contribution in [0.25, 0.3) is 0 Å². The lowest BCUT2D eigenvalue weighted by Crippen LogP contribution is -2.14. The van der Waals surface area contributed by atoms with E-state index in [1.807, 2.05) is 43.3 Å². The standard InChI is InChI=1S/C14H15N3O/c1-10-4-2-7-13(16-10)14(18)17-12-6-3-5-11(8-12)9-15/h2-8H,9,15H2,1H3,(H,17,18). The summed E-state index contributed by atoms with van der Waals surface area (Å²) in [5, 5.41) is 2.80. The second-order valence-electron chi connectivity index (χ2n) is 4.02. The van der Waals surface area contributed by atoms with E-state index in [4.69, 9.17) is 5.73 Å². The first-order valence-corrected chi connectivity index (χ1v) is 5.73. The summed E-state index contributed by atoms with van der Waals surface area (Å²) in [6.07, 6.45) is 0. The van der Waals surface area contributed by atoms with Crippen molar-refractivity contribution in [1.82, 2.24) is 4.98 Å². The van der Waals surface area contributed by atoms with Gasteiger partial charge in [-0.1, -0.05) is 18.2 Å². The molecule has 0 aliphatic rings. The maximum absolute atomic E-state index is 12.0. The Hall–Kier alpha value is -2.20. The second kappa shape index (κ2) is 5.42. The number of pyridine rings is 1. The number of nitrogens with one attached hydrogen (secondary N) is 1. The normalized spacial score (nSPS) is 10.1. The van der Waals surface area contributed by atoms with Crippen molar-refractivity contribution in [3.8, 4) is 0 Å². The minimum Gasteiger partial charge on any atom is -0.326 e. The van der Waals surface area contributed by atoms with Gasteiger partial charge >= 0.3 is 0 Å². The highest BCUT2D eigenvalue weighted by molar-refractivity contribution is 6.02. The topological polar surface area (TPSA) is 68.0 Å². The number of carbonyl (C=O) groups is 1. The Morgan fingerprint density at radius 1 is 1.28 bits per heavy atom. The van der Waals surface area contributed by atoms with Crippen molar-refractivity contribution in [2.45, 2.75) is 13.5 Å². The number of nitrogens with zero attached hydrogens (tertiary/aromatic N) is 1. The van der Waals surface area contributed by atoms with E-state index in [1.54, 1.807) is 6.07 Å². The molecule has 0 bridgehead atoms. The van der Waals surface area contributed by atoms with E-state index in [9.17, 15) is 4.79 Å². The zero-order valence-corrected chi connectivity index (χ0v) is 10.2. The average Bonchev–Trinajstić information content (AvgIpc) is 2.39. The van der Waals surface area contributed by atoms with Crippen LogP contribution in [-0.2, 0) is 6.54 Å². The lowest BCUT2D eigenvalue weighted by atomic mass is 10.2. The van der Waals surface area contributed by atoms with Gasteiger partial charge in [-0.25, -0.2) is 4.98 Å². The van der Waals surface area contributed by atoms with Gasteiger partial charge < -0.3 is 11.1 Å². The van der Waals surface area contributed by atoms with E-state index in [1.165, 1.54) is 0 Å². The quantitative estimate of drug-likeness (QED) is 0.864. The number of amides is 1. The Labute approximate surface area is 106 Å². The molecule has 1 amide bonds. The van der Waals surface area contributed by atoms with Crippen molar-refractivity contribution in [2.75, 3.05) is 5.32 Å². The molecule has 92 valence electrons. The van der Waals surface area contributed by atoms with E-state index < -0.39 is 0 Å². The summed E-state index contributed by atoms with van der Waals surface area (Å²) in [5.74, 6) is -0.215. The minimum atomic E-state index is -0.215. The maximum Gasteiger partial charge on any atom is 0.274 e. The summed E-state index contributed by atoms with van der Waals surface area (Å²) in [4.78, 5) is 16.1. The number of anilines is 1. The monoisotopic (exact) mass is 241 g/mol. The Balaban J connectivity index is 2.16. The number of carbonyl (C=O) groups excluding carboxylic acids is 1. The van der Waals surface area contributed by atoms with Gasteiger partial charge in [0.15, 0.2) is 0 Å². The number of hydrogen-bond acceptors (Lipinski definition) is 3. The Kier molecular flexibility index (Phi) is 3.69. The molecule has 0 saturated carbocycles. The van der Waals surface area contributed by atoms with E-state index in [0.717, 1.165) is 16.9 Å². The number of rotatable bonds is 3. The molecule has 1 aromatic carbocycles. The fourth-order valence-electron chi connectivity index (χ4n) is 1.64. The molecule has 3 N–H and O–H groups in total. The van der Waals surface area contributed by atoms with Crippen LogP contribution < -0.4 is 11.1 Å². The molecule has 0 spiro atoms. The summed E-state index contributed by atoms with van der Waals surface area (Å²) in [6.45, 7) is 2.30. The van der Waals surface area contributed by atoms with Crippen molar-refractivity contribution < 1.29 is 4.79 Å². The molecule has 0 aliphatic carbocycles. The molecule has 0 radical (unpaired) electrons. The molecular weight excluding hydrogens is 226 g/mol. The molecule has 0 saturated heterocycles. The first-order valence-electron chi connectivity index (χ1n) is 5.73. The summed E-state index contributed by atoms with van der Waals surface area (Å²) in [6, 6.07) is 12.8. The molecule has 4 heteroatoms. The van der Waals surface area contributed by atoms with E-state index in [-0.39, 0.29) is 5.91 Å². The van der Waals surface area contributed by atoms with Crippen LogP contribution in [0.5, 0.6) is 0 Å². The van der Waals surface area contributed by atoms with Crippen molar-refractivity contribution in [1.29, 1.82) is 0 Å². The smallest absolute Gasteiger partial charge is 0.274 e. The Morgan fingerprint density at radius 3 is 2.78 bits per heavy atom. The minimum absolute atomic E-state index is 0.215. The number of hydrogen-bond donors (Lipinski definition) is 2. The summed E-state index contributed by atoms with van der Waals surface area (Å²) >= 11 is 0. The Bertz CT molecular complexity index is 566. The van der Waals surface area contributed by atoms with Crippen molar-refractivity contribution >= 4 is 11.6 Å². The lowest BCUT2D eigenvalue weighted by molar-refractivity contribution is 0.102. The average molecular weight is 241 g/mol. The van der Waals surface area contributed by atoms with Gasteiger partial charge in [0.2, 0.25) is 0 Å². The molecule has 18 heavy (non-hydrogen) atoms. The third-order valence-electron chi connectivity index (χ3n) is 2.54. The van der Waals surface area contributed by atoms with E-state index in [0.29, 0.717) is 12.2 Å². The number of aromatic nitrogens is 1. The van der Waals surface area contributed by atoms with Gasteiger partial charge in [0.1, 0.15) is 5.69 Å². The molecule has 1 heterocycles. The molecule has 0 aliphatic heterocycles. The highest BCUT2D eigenvalue weighted by Crippen LogP contribution is 2.11. The Morgan fingerprint density at radius 2 is 2.06 bits per heavy atom. The van der Waals surface area contributed by atoms with Gasteiger partial charge in [0.05, 0.1) is 0 Å². The first-order chi connectivity index (χ1) is 8.69. The summed E-state index contributed by atoms with van der Waals surface area (Å²) < 4.78 is 0. The van der Waals surface area contributed by atoms with Crippen LogP contribution in [0.2, 0.25) is 0 Å². The SMILES string of the molecule is Cc1cccc(C(=O)Nc2cccc(CN)c2)n1. The van der Waals surface area contributed by atoms with Crippen LogP contribution in [0.3, 0.4) is 0 Å². The van der Waals surface area contributed by atoms with Crippen LogP contribution >= 0.6 is 0 Å². The fraction of sp³-hybridized carbons (Fsp3) is 0.143. The molecule has 1 aromatic heterocycles. The zero-order valence-electron chi connectivity index (χ0n) is 10.2. The predicted molar refractivity (Wildman–Crippen MR) is 71.3 cm³/mol. The van der Waals surface area contributed by atoms with Crippen LogP contribution in [0.1, 0.15) is 21.7 Å². The molecule has 2 aromatic rings. The summed E-state index contributed by atoms with van der Waals surface area (Å²) in [7, 11) is 0. The fourth-order valence-corrected chi connectivity index (χ4v) is 1.64. The van der Waals surface area contributed by atoms with Crippen molar-refractivity contribution in [2.24, 2.45) is 5.73 Å². The molecule has 4 nitrogen and oxygen atoms in total. The first kappa shape index (κ1) is 12.3. The van der Waals surface area contributed by atoms with Gasteiger partial charge in [-0.3, -0.25) is 4.79 Å². The highest BCUT2D eigenvalue weighted by Gasteiger charge is 2.07. The van der Waals surface area contributed by atoms with E-state index in [2.05, 4.69) is 10.3 Å². The van der Waals surface area contributed by atoms with Crippen LogP contribution in [0.4, 0.5) is 5.69 Å². The van der Waals surface area contributed by atoms with Crippen LogP contribution in [0.15, 0.2) is 42.5 Å². The van der Waals surface area contributed by atoms with Crippen molar-refractivity contribution in [3.63, 3.8) is 0 Å². The number of nitrogens with two attached hydrogens (primary N) is 1. The van der Waals surface area contributed by atoms with Crippen LogP contribution in [0, 0.1) is 6.92 Å². The molecule has 0 atom stereocenters. The highest BCUT2D eigenvalue weighted by atomic mass is 16.1. The van der Waals surface area contributed by atoms with Gasteiger partial charge in [-0.05, 0) is 36.8 Å². The molecular formula is C14H15N3O.